The van der Waals surface area contributed by atoms with E-state index in [0.29, 0.717) is 11.3 Å². The average molecular weight is 476 g/mol. The summed E-state index contributed by atoms with van der Waals surface area (Å²) in [7, 11) is 1.59. The zero-order valence-electron chi connectivity index (χ0n) is 20.1. The standard InChI is InChI=1S/C28H29NO4S/c1-17-8-11-19(28(2,3)4)15-22(17)25(30)23-24(18-9-12-20(33-5)13-10-18)29(27(32)26(23)31)16-21-7-6-14-34-21/h6-15,24,30H,16H2,1-5H3/b25-23+. The van der Waals surface area contributed by atoms with E-state index in [1.165, 1.54) is 11.3 Å². The molecule has 2 heterocycles. The number of methoxy groups -OCH3 is 1. The fourth-order valence-electron chi connectivity index (χ4n) is 4.23. The summed E-state index contributed by atoms with van der Waals surface area (Å²) < 4.78 is 5.28. The molecule has 176 valence electrons. The lowest BCUT2D eigenvalue weighted by atomic mass is 9.84. The van der Waals surface area contributed by atoms with Crippen molar-refractivity contribution in [3.63, 3.8) is 0 Å². The highest BCUT2D eigenvalue weighted by Crippen LogP contribution is 2.42. The lowest BCUT2D eigenvalue weighted by Crippen LogP contribution is -2.28. The van der Waals surface area contributed by atoms with Crippen molar-refractivity contribution < 1.29 is 19.4 Å². The Hall–Kier alpha value is -3.38. The zero-order valence-corrected chi connectivity index (χ0v) is 20.9. The number of ether oxygens (including phenoxy) is 1. The number of amides is 1. The fraction of sp³-hybridized carbons (Fsp3) is 0.286. The molecule has 0 bridgehead atoms. The van der Waals surface area contributed by atoms with Gasteiger partial charge < -0.3 is 14.7 Å². The Morgan fingerprint density at radius 2 is 1.79 bits per heavy atom. The molecular weight excluding hydrogens is 446 g/mol. The molecule has 1 aromatic heterocycles. The number of carbonyl (C=O) groups is 2. The lowest BCUT2D eigenvalue weighted by Gasteiger charge is -2.25. The Morgan fingerprint density at radius 1 is 1.09 bits per heavy atom. The van der Waals surface area contributed by atoms with Gasteiger partial charge in [-0.15, -0.1) is 11.3 Å². The summed E-state index contributed by atoms with van der Waals surface area (Å²) in [4.78, 5) is 29.0. The topological polar surface area (TPSA) is 66.8 Å². The van der Waals surface area contributed by atoms with Crippen LogP contribution in [-0.2, 0) is 21.5 Å². The number of hydrogen-bond donors (Lipinski definition) is 1. The van der Waals surface area contributed by atoms with Gasteiger partial charge in [0.1, 0.15) is 11.5 Å². The van der Waals surface area contributed by atoms with Crippen LogP contribution < -0.4 is 4.74 Å². The van der Waals surface area contributed by atoms with E-state index >= 15 is 0 Å². The molecule has 6 heteroatoms. The highest BCUT2D eigenvalue weighted by molar-refractivity contribution is 7.09. The van der Waals surface area contributed by atoms with Crippen LogP contribution in [0.2, 0.25) is 0 Å². The van der Waals surface area contributed by atoms with Crippen LogP contribution in [0.25, 0.3) is 5.76 Å². The van der Waals surface area contributed by atoms with E-state index in [1.54, 1.807) is 24.1 Å². The van der Waals surface area contributed by atoms with Crippen LogP contribution >= 0.6 is 11.3 Å². The predicted octanol–water partition coefficient (Wildman–Crippen LogP) is 5.98. The summed E-state index contributed by atoms with van der Waals surface area (Å²) in [6.07, 6.45) is 0. The molecule has 5 nitrogen and oxygen atoms in total. The number of nitrogens with zero attached hydrogens (tertiary/aromatic N) is 1. The number of aliphatic hydroxyl groups excluding tert-OH is 1. The number of ketones is 1. The number of likely N-dealkylation sites (tertiary alicyclic amines) is 1. The van der Waals surface area contributed by atoms with Gasteiger partial charge in [-0.1, -0.05) is 51.1 Å². The first-order valence-electron chi connectivity index (χ1n) is 11.2. The molecule has 3 aromatic rings. The number of carbonyl (C=O) groups excluding carboxylic acids is 2. The van der Waals surface area contributed by atoms with Gasteiger partial charge in [-0.05, 0) is 58.7 Å². The van der Waals surface area contributed by atoms with Crippen LogP contribution in [0.4, 0.5) is 0 Å². The lowest BCUT2D eigenvalue weighted by molar-refractivity contribution is -0.140. The number of aliphatic hydroxyl groups is 1. The van der Waals surface area contributed by atoms with Crippen molar-refractivity contribution in [2.24, 2.45) is 0 Å². The van der Waals surface area contributed by atoms with Gasteiger partial charge >= 0.3 is 0 Å². The Labute approximate surface area is 204 Å². The molecule has 0 aliphatic carbocycles. The Kier molecular flexibility index (Phi) is 6.36. The van der Waals surface area contributed by atoms with Gasteiger partial charge in [0, 0.05) is 10.4 Å². The largest absolute Gasteiger partial charge is 0.507 e. The molecule has 1 fully saturated rings. The van der Waals surface area contributed by atoms with Crippen molar-refractivity contribution in [1.29, 1.82) is 0 Å². The first-order chi connectivity index (χ1) is 16.1. The van der Waals surface area contributed by atoms with E-state index < -0.39 is 17.7 Å². The van der Waals surface area contributed by atoms with Crippen LogP contribution in [0.1, 0.15) is 53.9 Å². The summed E-state index contributed by atoms with van der Waals surface area (Å²) in [6, 6.07) is 16.3. The van der Waals surface area contributed by atoms with Crippen molar-refractivity contribution in [1.82, 2.24) is 4.90 Å². The summed E-state index contributed by atoms with van der Waals surface area (Å²) in [6.45, 7) is 8.47. The van der Waals surface area contributed by atoms with Gasteiger partial charge in [0.25, 0.3) is 11.7 Å². The maximum Gasteiger partial charge on any atom is 0.295 e. The number of thiophene rings is 1. The van der Waals surface area contributed by atoms with Crippen molar-refractivity contribution in [2.75, 3.05) is 7.11 Å². The number of aryl methyl sites for hydroxylation is 1. The van der Waals surface area contributed by atoms with E-state index in [4.69, 9.17) is 4.74 Å². The molecule has 1 amide bonds. The molecule has 1 atom stereocenters. The van der Waals surface area contributed by atoms with E-state index in [9.17, 15) is 14.7 Å². The third kappa shape index (κ3) is 4.38. The van der Waals surface area contributed by atoms with Crippen LogP contribution in [0.15, 0.2) is 65.6 Å². The first-order valence-corrected chi connectivity index (χ1v) is 12.1. The van der Waals surface area contributed by atoms with Gasteiger partial charge in [-0.3, -0.25) is 9.59 Å². The minimum absolute atomic E-state index is 0.112. The quantitative estimate of drug-likeness (QED) is 0.280. The molecular formula is C28H29NO4S. The molecule has 1 N–H and O–H groups in total. The summed E-state index contributed by atoms with van der Waals surface area (Å²) >= 11 is 1.53. The molecule has 1 unspecified atom stereocenters. The fourth-order valence-corrected chi connectivity index (χ4v) is 4.94. The first kappa shape index (κ1) is 23.8. The number of hydrogen-bond acceptors (Lipinski definition) is 5. The monoisotopic (exact) mass is 475 g/mol. The van der Waals surface area contributed by atoms with Gasteiger partial charge in [-0.25, -0.2) is 0 Å². The molecule has 0 saturated carbocycles. The molecule has 1 aliphatic heterocycles. The number of rotatable bonds is 5. The second-order valence-corrected chi connectivity index (χ2v) is 10.6. The van der Waals surface area contributed by atoms with Gasteiger partial charge in [0.05, 0.1) is 25.3 Å². The zero-order chi connectivity index (χ0) is 24.6. The SMILES string of the molecule is COc1ccc(C2/C(=C(\O)c3cc(C(C)(C)C)ccc3C)C(=O)C(=O)N2Cc2cccs2)cc1. The molecule has 0 spiro atoms. The smallest absolute Gasteiger partial charge is 0.295 e. The van der Waals surface area contributed by atoms with E-state index in [2.05, 4.69) is 20.8 Å². The average Bonchev–Trinajstić information content (AvgIpc) is 3.40. The minimum Gasteiger partial charge on any atom is -0.507 e. The second kappa shape index (κ2) is 9.11. The van der Waals surface area contributed by atoms with E-state index in [-0.39, 0.29) is 23.3 Å². The third-order valence-corrected chi connectivity index (χ3v) is 7.10. The van der Waals surface area contributed by atoms with Gasteiger partial charge in [0.15, 0.2) is 0 Å². The van der Waals surface area contributed by atoms with Gasteiger partial charge in [-0.2, -0.15) is 0 Å². The summed E-state index contributed by atoms with van der Waals surface area (Å²) in [5, 5.41) is 13.5. The predicted molar refractivity (Wildman–Crippen MR) is 135 cm³/mol. The highest BCUT2D eigenvalue weighted by Gasteiger charge is 2.46. The Bertz CT molecular complexity index is 1250. The van der Waals surface area contributed by atoms with Crippen molar-refractivity contribution in [2.45, 2.75) is 45.7 Å². The number of Topliss-reactive ketones (excluding diaryl/α,β-unsaturated/α-hetero) is 1. The van der Waals surface area contributed by atoms with E-state index in [1.807, 2.05) is 54.8 Å². The molecule has 4 rings (SSSR count). The summed E-state index contributed by atoms with van der Waals surface area (Å²) in [5.41, 5.74) is 3.16. The van der Waals surface area contributed by atoms with E-state index in [0.717, 1.165) is 21.6 Å². The molecule has 1 aliphatic rings. The summed E-state index contributed by atoms with van der Waals surface area (Å²) in [5.74, 6) is -0.750. The van der Waals surface area contributed by atoms with Crippen LogP contribution in [0, 0.1) is 6.92 Å². The van der Waals surface area contributed by atoms with Crippen molar-refractivity contribution in [3.05, 3.63) is 92.7 Å². The molecule has 34 heavy (non-hydrogen) atoms. The van der Waals surface area contributed by atoms with Crippen LogP contribution in [0.3, 0.4) is 0 Å². The molecule has 0 radical (unpaired) electrons. The maximum absolute atomic E-state index is 13.3. The van der Waals surface area contributed by atoms with Gasteiger partial charge in [0.2, 0.25) is 0 Å². The number of benzene rings is 2. The molecule has 2 aromatic carbocycles. The highest BCUT2D eigenvalue weighted by atomic mass is 32.1. The van der Waals surface area contributed by atoms with Crippen LogP contribution in [0.5, 0.6) is 5.75 Å². The Morgan fingerprint density at radius 3 is 2.38 bits per heavy atom. The Balaban J connectivity index is 1.90. The minimum atomic E-state index is -0.703. The van der Waals surface area contributed by atoms with Crippen molar-refractivity contribution in [3.8, 4) is 5.75 Å². The third-order valence-electron chi connectivity index (χ3n) is 6.24. The molecule has 1 saturated heterocycles. The van der Waals surface area contributed by atoms with Crippen LogP contribution in [-0.4, -0.2) is 28.8 Å². The second-order valence-electron chi connectivity index (χ2n) is 9.56. The van der Waals surface area contributed by atoms with Crippen molar-refractivity contribution >= 4 is 28.8 Å². The normalized spacial score (nSPS) is 17.9. The maximum atomic E-state index is 13.3.